The Morgan fingerprint density at radius 2 is 1.64 bits per heavy atom. The Hall–Kier alpha value is -2.79. The van der Waals surface area contributed by atoms with Crippen LogP contribution in [0.1, 0.15) is 5.56 Å². The molecule has 0 saturated heterocycles. The predicted octanol–water partition coefficient (Wildman–Crippen LogP) is 4.85. The van der Waals surface area contributed by atoms with Crippen LogP contribution in [-0.2, 0) is 6.18 Å². The molecule has 136 valence electrons. The van der Waals surface area contributed by atoms with Gasteiger partial charge in [0.25, 0.3) is 0 Å². The van der Waals surface area contributed by atoms with E-state index in [2.05, 4.69) is 4.74 Å². The number of hydrogen-bond acceptors (Lipinski definition) is 3. The van der Waals surface area contributed by atoms with Crippen LogP contribution in [0.3, 0.4) is 0 Å². The largest absolute Gasteiger partial charge is 0.461 e. The fourth-order valence-corrected chi connectivity index (χ4v) is 1.96. The van der Waals surface area contributed by atoms with Gasteiger partial charge < -0.3 is 14.9 Å². The number of benzene rings is 1. The summed E-state index contributed by atoms with van der Waals surface area (Å²) in [4.78, 5) is 11.7. The molecule has 0 radical (unpaired) electrons. The predicted molar refractivity (Wildman–Crippen MR) is 69.5 cm³/mol. The van der Waals surface area contributed by atoms with Crippen LogP contribution in [0.15, 0.2) is 30.5 Å². The Kier molecular flexibility index (Phi) is 4.64. The Bertz CT molecular complexity index is 769. The molecule has 12 heteroatoms. The fraction of sp³-hybridized carbons (Fsp3) is 0.231. The van der Waals surface area contributed by atoms with Crippen molar-refractivity contribution < 1.29 is 40.4 Å². The number of rotatable bonds is 5. The molecule has 0 aliphatic carbocycles. The monoisotopic (exact) mass is 372 g/mol. The van der Waals surface area contributed by atoms with Gasteiger partial charge in [-0.05, 0) is 22.6 Å². The van der Waals surface area contributed by atoms with E-state index in [0.29, 0.717) is 18.3 Å². The van der Waals surface area contributed by atoms with Gasteiger partial charge in [0.1, 0.15) is 17.5 Å². The van der Waals surface area contributed by atoms with Crippen LogP contribution in [0.5, 0.6) is 5.75 Å². The molecule has 0 atom stereocenters. The minimum atomic E-state index is -4.92. The van der Waals surface area contributed by atoms with Crippen LogP contribution in [0, 0.1) is 10.1 Å². The van der Waals surface area contributed by atoms with Crippen molar-refractivity contribution in [3.63, 3.8) is 0 Å². The van der Waals surface area contributed by atoms with Gasteiger partial charge in [0, 0.05) is 0 Å². The number of aromatic nitrogens is 1. The molecular weight excluding hydrogens is 365 g/mol. The number of ether oxygens (including phenoxy) is 1. The number of alkyl halides is 7. The Morgan fingerprint density at radius 1 is 1.08 bits per heavy atom. The highest BCUT2D eigenvalue weighted by molar-refractivity contribution is 5.76. The molecule has 5 nitrogen and oxygen atoms in total. The number of nitrogens with zero attached hydrogens (tertiary/aromatic N) is 1. The highest BCUT2D eigenvalue weighted by Gasteiger charge is 2.44. The Morgan fingerprint density at radius 3 is 2.08 bits per heavy atom. The third-order valence-electron chi connectivity index (χ3n) is 3.00. The molecule has 25 heavy (non-hydrogen) atoms. The second-order valence-electron chi connectivity index (χ2n) is 4.67. The lowest BCUT2D eigenvalue weighted by atomic mass is 10.0. The van der Waals surface area contributed by atoms with E-state index < -0.39 is 46.3 Å². The smallest absolute Gasteiger partial charge is 0.428 e. The lowest BCUT2D eigenvalue weighted by Crippen LogP contribution is -2.33. The highest BCUT2D eigenvalue weighted by Crippen LogP contribution is 2.42. The highest BCUT2D eigenvalue weighted by atomic mass is 19.4. The van der Waals surface area contributed by atoms with Crippen LogP contribution < -0.4 is 4.74 Å². The van der Waals surface area contributed by atoms with Crippen molar-refractivity contribution in [1.82, 2.24) is 4.98 Å². The minimum absolute atomic E-state index is 0.340. The number of nitro groups is 1. The lowest BCUT2D eigenvalue weighted by molar-refractivity contribution is -0.388. The van der Waals surface area contributed by atoms with Gasteiger partial charge in [-0.2, -0.15) is 30.7 Å². The van der Waals surface area contributed by atoms with Gasteiger partial charge in [-0.25, -0.2) is 4.98 Å². The standard InChI is InChI=1S/C13H7F7N2O3/c14-11(15)13(19,20)25-7-3-1-6(2-4-7)9-8(12(16,17)18)5-21-10(9)22(23)24/h1-5,11,21H. The third kappa shape index (κ3) is 3.83. The van der Waals surface area contributed by atoms with Crippen molar-refractivity contribution >= 4 is 5.82 Å². The molecule has 0 bridgehead atoms. The summed E-state index contributed by atoms with van der Waals surface area (Å²) in [5.41, 5.74) is -2.50. The maximum Gasteiger partial charge on any atom is 0.461 e. The van der Waals surface area contributed by atoms with E-state index in [1.165, 1.54) is 0 Å². The third-order valence-corrected chi connectivity index (χ3v) is 3.00. The van der Waals surface area contributed by atoms with E-state index in [4.69, 9.17) is 0 Å². The average Bonchev–Trinajstić information content (AvgIpc) is 2.92. The van der Waals surface area contributed by atoms with Gasteiger partial charge in [-0.3, -0.25) is 0 Å². The molecule has 0 aliphatic rings. The van der Waals surface area contributed by atoms with E-state index in [9.17, 15) is 40.8 Å². The number of H-pyrrole nitrogens is 1. The van der Waals surface area contributed by atoms with Gasteiger partial charge in [-0.15, -0.1) is 0 Å². The zero-order chi connectivity index (χ0) is 19.0. The molecule has 1 N–H and O–H groups in total. The molecule has 0 fully saturated rings. The lowest BCUT2D eigenvalue weighted by Gasteiger charge is -2.17. The first kappa shape index (κ1) is 18.5. The fourth-order valence-electron chi connectivity index (χ4n) is 1.96. The summed E-state index contributed by atoms with van der Waals surface area (Å²) < 4.78 is 92.3. The number of hydrogen-bond donors (Lipinski definition) is 1. The van der Waals surface area contributed by atoms with Gasteiger partial charge >= 0.3 is 24.5 Å². The van der Waals surface area contributed by atoms with Crippen LogP contribution in [-0.4, -0.2) is 22.4 Å². The first-order valence-corrected chi connectivity index (χ1v) is 6.32. The summed E-state index contributed by atoms with van der Waals surface area (Å²) >= 11 is 0. The zero-order valence-electron chi connectivity index (χ0n) is 11.8. The number of nitrogens with one attached hydrogen (secondary N) is 1. The van der Waals surface area contributed by atoms with Crippen LogP contribution >= 0.6 is 0 Å². The SMILES string of the molecule is O=[N+]([O-])c1[nH]cc(C(F)(F)F)c1-c1ccc(OC(F)(F)C(F)F)cc1. The molecule has 1 aromatic heterocycles. The van der Waals surface area contributed by atoms with Crippen LogP contribution in [0.4, 0.5) is 36.6 Å². The van der Waals surface area contributed by atoms with Gasteiger partial charge in [0.2, 0.25) is 0 Å². The van der Waals surface area contributed by atoms with Crippen molar-refractivity contribution in [1.29, 1.82) is 0 Å². The topological polar surface area (TPSA) is 68.2 Å². The van der Waals surface area contributed by atoms with E-state index in [0.717, 1.165) is 12.1 Å². The first-order chi connectivity index (χ1) is 11.4. The Labute approximate surface area is 134 Å². The zero-order valence-corrected chi connectivity index (χ0v) is 11.8. The molecule has 0 spiro atoms. The molecular formula is C13H7F7N2O3. The van der Waals surface area contributed by atoms with E-state index in [-0.39, 0.29) is 5.56 Å². The number of halogens is 7. The van der Waals surface area contributed by atoms with Crippen molar-refractivity contribution in [2.75, 3.05) is 0 Å². The molecule has 1 heterocycles. The summed E-state index contributed by atoms with van der Waals surface area (Å²) in [5, 5.41) is 10.9. The Balaban J connectivity index is 2.44. The average molecular weight is 372 g/mol. The summed E-state index contributed by atoms with van der Waals surface area (Å²) in [6.45, 7) is 0. The summed E-state index contributed by atoms with van der Waals surface area (Å²) in [6.07, 6.45) is -13.4. The van der Waals surface area contributed by atoms with E-state index in [1.807, 2.05) is 4.98 Å². The van der Waals surface area contributed by atoms with Crippen molar-refractivity contribution in [3.8, 4) is 16.9 Å². The molecule has 0 unspecified atom stereocenters. The van der Waals surface area contributed by atoms with Gasteiger partial charge in [-0.1, -0.05) is 12.1 Å². The van der Waals surface area contributed by atoms with Crippen molar-refractivity contribution in [2.24, 2.45) is 0 Å². The summed E-state index contributed by atoms with van der Waals surface area (Å²) in [5.74, 6) is -1.71. The molecule has 2 rings (SSSR count). The quantitative estimate of drug-likeness (QED) is 0.464. The summed E-state index contributed by atoms with van der Waals surface area (Å²) in [6, 6.07) is 3.01. The maximum absolute atomic E-state index is 13.0. The van der Waals surface area contributed by atoms with Crippen molar-refractivity contribution in [3.05, 3.63) is 46.1 Å². The number of aromatic amines is 1. The summed E-state index contributed by atoms with van der Waals surface area (Å²) in [7, 11) is 0. The second kappa shape index (κ2) is 6.26. The molecule has 2 aromatic rings. The molecule has 0 aliphatic heterocycles. The van der Waals surface area contributed by atoms with E-state index >= 15 is 0 Å². The van der Waals surface area contributed by atoms with Crippen molar-refractivity contribution in [2.45, 2.75) is 18.7 Å². The normalized spacial score (nSPS) is 12.5. The van der Waals surface area contributed by atoms with E-state index in [1.54, 1.807) is 0 Å². The molecule has 0 saturated carbocycles. The van der Waals surface area contributed by atoms with Gasteiger partial charge in [0.05, 0.1) is 5.56 Å². The maximum atomic E-state index is 13.0. The second-order valence-corrected chi connectivity index (χ2v) is 4.67. The first-order valence-electron chi connectivity index (χ1n) is 6.32. The van der Waals surface area contributed by atoms with Gasteiger partial charge in [0.15, 0.2) is 0 Å². The minimum Gasteiger partial charge on any atom is -0.428 e. The molecule has 0 amide bonds. The van der Waals surface area contributed by atoms with Crippen LogP contribution in [0.25, 0.3) is 11.1 Å². The molecule has 1 aromatic carbocycles. The van der Waals surface area contributed by atoms with Crippen LogP contribution in [0.2, 0.25) is 0 Å².